The zero-order valence-corrected chi connectivity index (χ0v) is 15.4. The molecule has 1 aliphatic heterocycles. The Morgan fingerprint density at radius 1 is 1.44 bits per heavy atom. The lowest BCUT2D eigenvalue weighted by Crippen LogP contribution is -2.29. The smallest absolute Gasteiger partial charge is 0.240 e. The van der Waals surface area contributed by atoms with E-state index in [0.29, 0.717) is 16.5 Å². The van der Waals surface area contributed by atoms with Gasteiger partial charge in [0.05, 0.1) is 12.8 Å². The quantitative estimate of drug-likeness (QED) is 0.668. The monoisotopic (exact) mass is 384 g/mol. The molecule has 8 nitrogen and oxygen atoms in total. The third-order valence-electron chi connectivity index (χ3n) is 3.22. The SMILES string of the molecule is COc1cc(Cl)c(C)cc1NC(=O)C[C@H]1S/C(=N/NC(C)=O)NC1=O. The van der Waals surface area contributed by atoms with E-state index in [1.807, 2.05) is 6.92 Å². The number of nitrogens with one attached hydrogen (secondary N) is 3. The van der Waals surface area contributed by atoms with Gasteiger partial charge in [0.1, 0.15) is 11.0 Å². The maximum atomic E-state index is 12.2. The van der Waals surface area contributed by atoms with Crippen LogP contribution in [0, 0.1) is 6.92 Å². The second-order valence-electron chi connectivity index (χ2n) is 5.23. The number of amidine groups is 1. The normalized spacial score (nSPS) is 18.0. The number of hydrazone groups is 1. The highest BCUT2D eigenvalue weighted by atomic mass is 35.5. The zero-order chi connectivity index (χ0) is 18.6. The van der Waals surface area contributed by atoms with Gasteiger partial charge in [0.2, 0.25) is 17.7 Å². The van der Waals surface area contributed by atoms with Crippen molar-refractivity contribution >= 4 is 51.9 Å². The standard InChI is InChI=1S/C15H17ClN4O4S/c1-7-4-10(11(24-3)5-9(7)16)17-13(22)6-12-14(23)18-15(25-12)20-19-8(2)21/h4-5,12H,6H2,1-3H3,(H,17,22)(H,19,21)(H,18,20,23)/t12-/m1/s1. The minimum atomic E-state index is -0.632. The fraction of sp³-hybridized carbons (Fsp3) is 0.333. The molecule has 3 amide bonds. The molecule has 0 bridgehead atoms. The van der Waals surface area contributed by atoms with Crippen LogP contribution in [0.25, 0.3) is 0 Å². The maximum absolute atomic E-state index is 12.2. The highest BCUT2D eigenvalue weighted by Crippen LogP contribution is 2.31. The van der Waals surface area contributed by atoms with Crippen molar-refractivity contribution in [3.63, 3.8) is 0 Å². The maximum Gasteiger partial charge on any atom is 0.240 e. The van der Waals surface area contributed by atoms with E-state index < -0.39 is 5.25 Å². The average molecular weight is 385 g/mol. The number of carbonyl (C=O) groups excluding carboxylic acids is 3. The number of halogens is 1. The van der Waals surface area contributed by atoms with E-state index in [2.05, 4.69) is 21.2 Å². The molecule has 1 aliphatic rings. The minimum absolute atomic E-state index is 0.0551. The van der Waals surface area contributed by atoms with Gasteiger partial charge in [0, 0.05) is 24.4 Å². The highest BCUT2D eigenvalue weighted by molar-refractivity contribution is 8.15. The van der Waals surface area contributed by atoms with Crippen molar-refractivity contribution in [3.05, 3.63) is 22.7 Å². The van der Waals surface area contributed by atoms with E-state index in [1.165, 1.54) is 14.0 Å². The molecule has 2 rings (SSSR count). The number of anilines is 1. The molecule has 1 saturated heterocycles. The molecule has 1 aromatic rings. The van der Waals surface area contributed by atoms with Gasteiger partial charge in [-0.3, -0.25) is 14.4 Å². The lowest BCUT2D eigenvalue weighted by Gasteiger charge is -2.13. The number of aryl methyl sites for hydroxylation is 1. The molecule has 134 valence electrons. The van der Waals surface area contributed by atoms with Crippen molar-refractivity contribution in [2.24, 2.45) is 5.10 Å². The van der Waals surface area contributed by atoms with E-state index in [1.54, 1.807) is 12.1 Å². The number of rotatable bonds is 5. The van der Waals surface area contributed by atoms with Crippen LogP contribution in [0.3, 0.4) is 0 Å². The summed E-state index contributed by atoms with van der Waals surface area (Å²) in [5, 5.41) is 9.11. The van der Waals surface area contributed by atoms with Gasteiger partial charge in [-0.15, -0.1) is 5.10 Å². The fourth-order valence-corrected chi connectivity index (χ4v) is 3.10. The largest absolute Gasteiger partial charge is 0.495 e. The van der Waals surface area contributed by atoms with Gasteiger partial charge in [-0.2, -0.15) is 0 Å². The number of amides is 3. The van der Waals surface area contributed by atoms with Crippen molar-refractivity contribution in [2.45, 2.75) is 25.5 Å². The van der Waals surface area contributed by atoms with Crippen molar-refractivity contribution in [1.82, 2.24) is 10.7 Å². The molecule has 25 heavy (non-hydrogen) atoms. The summed E-state index contributed by atoms with van der Waals surface area (Å²) in [4.78, 5) is 35.0. The number of benzene rings is 1. The van der Waals surface area contributed by atoms with Gasteiger partial charge in [-0.1, -0.05) is 23.4 Å². The summed E-state index contributed by atoms with van der Waals surface area (Å²) in [6.45, 7) is 3.11. The van der Waals surface area contributed by atoms with Gasteiger partial charge >= 0.3 is 0 Å². The van der Waals surface area contributed by atoms with Gasteiger partial charge < -0.3 is 15.4 Å². The molecule has 0 spiro atoms. The van der Waals surface area contributed by atoms with E-state index in [0.717, 1.165) is 17.3 Å². The lowest BCUT2D eigenvalue weighted by atomic mass is 10.2. The summed E-state index contributed by atoms with van der Waals surface area (Å²) in [6.07, 6.45) is -0.0551. The fourth-order valence-electron chi connectivity index (χ4n) is 2.02. The van der Waals surface area contributed by atoms with Crippen LogP contribution >= 0.6 is 23.4 Å². The summed E-state index contributed by atoms with van der Waals surface area (Å²) < 4.78 is 5.20. The molecular weight excluding hydrogens is 368 g/mol. The van der Waals surface area contributed by atoms with Gasteiger partial charge in [0.25, 0.3) is 0 Å². The molecule has 1 atom stereocenters. The van der Waals surface area contributed by atoms with Crippen molar-refractivity contribution in [2.75, 3.05) is 12.4 Å². The summed E-state index contributed by atoms with van der Waals surface area (Å²) >= 11 is 7.11. The van der Waals surface area contributed by atoms with Crippen LogP contribution in [0.5, 0.6) is 5.75 Å². The minimum Gasteiger partial charge on any atom is -0.495 e. The van der Waals surface area contributed by atoms with Crippen LogP contribution in [0.2, 0.25) is 5.02 Å². The topological polar surface area (TPSA) is 109 Å². The predicted molar refractivity (Wildman–Crippen MR) is 96.8 cm³/mol. The first-order valence-corrected chi connectivity index (χ1v) is 8.51. The number of carbonyl (C=O) groups is 3. The number of ether oxygens (including phenoxy) is 1. The van der Waals surface area contributed by atoms with Gasteiger partial charge in [-0.25, -0.2) is 5.43 Å². The number of nitrogens with zero attached hydrogens (tertiary/aromatic N) is 1. The van der Waals surface area contributed by atoms with Crippen LogP contribution < -0.4 is 20.8 Å². The second kappa shape index (κ2) is 8.21. The molecule has 1 heterocycles. The summed E-state index contributed by atoms with van der Waals surface area (Å²) in [5.41, 5.74) is 3.50. The Morgan fingerprint density at radius 3 is 2.80 bits per heavy atom. The Balaban J connectivity index is 2.01. The molecule has 0 unspecified atom stereocenters. The summed E-state index contributed by atoms with van der Waals surface area (Å²) in [6, 6.07) is 3.31. The van der Waals surface area contributed by atoms with Crippen molar-refractivity contribution in [3.8, 4) is 5.75 Å². The van der Waals surface area contributed by atoms with E-state index >= 15 is 0 Å². The summed E-state index contributed by atoms with van der Waals surface area (Å²) in [7, 11) is 1.47. The van der Waals surface area contributed by atoms with Crippen LogP contribution in [-0.4, -0.2) is 35.2 Å². The summed E-state index contributed by atoms with van der Waals surface area (Å²) in [5.74, 6) is -0.619. The van der Waals surface area contributed by atoms with Crippen molar-refractivity contribution in [1.29, 1.82) is 0 Å². The van der Waals surface area contributed by atoms with Crippen LogP contribution in [0.4, 0.5) is 5.69 Å². The first-order chi connectivity index (χ1) is 11.8. The first-order valence-electron chi connectivity index (χ1n) is 7.26. The molecule has 0 radical (unpaired) electrons. The van der Waals surface area contributed by atoms with Gasteiger partial charge in [-0.05, 0) is 18.6 Å². The first kappa shape index (κ1) is 19.1. The van der Waals surface area contributed by atoms with Gasteiger partial charge in [0.15, 0.2) is 5.17 Å². The zero-order valence-electron chi connectivity index (χ0n) is 13.8. The Morgan fingerprint density at radius 2 is 2.16 bits per heavy atom. The van der Waals surface area contributed by atoms with Crippen LogP contribution in [0.15, 0.2) is 17.2 Å². The van der Waals surface area contributed by atoms with Crippen molar-refractivity contribution < 1.29 is 19.1 Å². The third kappa shape index (κ3) is 5.10. The van der Waals surface area contributed by atoms with E-state index in [4.69, 9.17) is 16.3 Å². The number of hydrogen-bond donors (Lipinski definition) is 3. The molecule has 10 heteroatoms. The van der Waals surface area contributed by atoms with Crippen LogP contribution in [0.1, 0.15) is 18.9 Å². The molecule has 0 aromatic heterocycles. The second-order valence-corrected chi connectivity index (χ2v) is 6.83. The number of hydrogen-bond acceptors (Lipinski definition) is 6. The molecule has 0 aliphatic carbocycles. The van der Waals surface area contributed by atoms with Crippen LogP contribution in [-0.2, 0) is 14.4 Å². The highest BCUT2D eigenvalue weighted by Gasteiger charge is 2.32. The van der Waals surface area contributed by atoms with E-state index in [9.17, 15) is 14.4 Å². The average Bonchev–Trinajstić information content (AvgIpc) is 2.88. The molecule has 1 fully saturated rings. The Bertz CT molecular complexity index is 753. The molecular formula is C15H17ClN4O4S. The number of thioether (sulfide) groups is 1. The molecule has 1 aromatic carbocycles. The number of methoxy groups -OCH3 is 1. The lowest BCUT2D eigenvalue weighted by molar-refractivity contribution is -0.122. The molecule has 0 saturated carbocycles. The Labute approximate surface area is 153 Å². The molecule has 3 N–H and O–H groups in total. The Kier molecular flexibility index (Phi) is 6.27. The Hall–Kier alpha value is -2.26. The predicted octanol–water partition coefficient (Wildman–Crippen LogP) is 1.62. The van der Waals surface area contributed by atoms with E-state index in [-0.39, 0.29) is 29.3 Å². The third-order valence-corrected chi connectivity index (χ3v) is 4.71.